The van der Waals surface area contributed by atoms with E-state index in [0.717, 1.165) is 6.07 Å². The topological polar surface area (TPSA) is 138 Å². The molecule has 9 nitrogen and oxygen atoms in total. The number of anilines is 2. The van der Waals surface area contributed by atoms with Gasteiger partial charge >= 0.3 is 0 Å². The Hall–Kier alpha value is -3.76. The lowest BCUT2D eigenvalue weighted by Gasteiger charge is -2.29. The van der Waals surface area contributed by atoms with E-state index in [2.05, 4.69) is 20.3 Å². The number of nitrogens with two attached hydrogens (primary N) is 2. The highest BCUT2D eigenvalue weighted by atomic mass is 19.1. The van der Waals surface area contributed by atoms with Crippen LogP contribution in [0.25, 0.3) is 0 Å². The summed E-state index contributed by atoms with van der Waals surface area (Å²) in [4.78, 5) is 24.2. The van der Waals surface area contributed by atoms with Gasteiger partial charge in [-0.1, -0.05) is 0 Å². The first-order valence-corrected chi connectivity index (χ1v) is 8.34. The molecule has 11 heteroatoms. The summed E-state index contributed by atoms with van der Waals surface area (Å²) in [5, 5.41) is 2.52. The Morgan fingerprint density at radius 1 is 1.38 bits per heavy atom. The maximum absolute atomic E-state index is 14.5. The number of hydrogen-bond donors (Lipinski definition) is 3. The largest absolute Gasteiger partial charge is 0.480 e. The van der Waals surface area contributed by atoms with Crippen molar-refractivity contribution in [2.75, 3.05) is 24.8 Å². The molecule has 0 spiro atoms. The van der Waals surface area contributed by atoms with Crippen molar-refractivity contribution < 1.29 is 23.0 Å². The van der Waals surface area contributed by atoms with Crippen LogP contribution in [0.5, 0.6) is 5.88 Å². The van der Waals surface area contributed by atoms with Gasteiger partial charge in [0.1, 0.15) is 23.8 Å². The quantitative estimate of drug-likeness (QED) is 0.692. The van der Waals surface area contributed by atoms with Gasteiger partial charge in [0.2, 0.25) is 5.88 Å². The Morgan fingerprint density at radius 3 is 2.76 bits per heavy atom. The summed E-state index contributed by atoms with van der Waals surface area (Å²) >= 11 is 0. The number of allylic oxidation sites excluding steroid dienone is 1. The van der Waals surface area contributed by atoms with Crippen LogP contribution in [0.1, 0.15) is 23.0 Å². The molecule has 1 amide bonds. The van der Waals surface area contributed by atoms with Crippen LogP contribution in [0.2, 0.25) is 0 Å². The molecule has 0 fully saturated rings. The number of methoxy groups -OCH3 is 1. The molecular formula is C18H18F2N6O3. The number of amidine groups is 1. The van der Waals surface area contributed by atoms with Crippen LogP contribution < -0.4 is 21.5 Å². The number of nitrogens with zero attached hydrogens (tertiary/aromatic N) is 3. The van der Waals surface area contributed by atoms with Gasteiger partial charge in [0.05, 0.1) is 13.3 Å². The van der Waals surface area contributed by atoms with E-state index in [-0.39, 0.29) is 40.4 Å². The first-order chi connectivity index (χ1) is 13.8. The SMILES string of the molecule is COc1cnc(C(=O)Nc2ccc(F)c([C@]3(CF)C=C(C)OC(N)=N3)c2)c(N)n1. The van der Waals surface area contributed by atoms with Crippen LogP contribution >= 0.6 is 0 Å². The third-order valence-corrected chi connectivity index (χ3v) is 4.11. The number of alkyl halides is 1. The van der Waals surface area contributed by atoms with E-state index >= 15 is 0 Å². The van der Waals surface area contributed by atoms with Crippen LogP contribution in [0.15, 0.2) is 41.2 Å². The number of benzene rings is 1. The number of hydrogen-bond acceptors (Lipinski definition) is 8. The zero-order chi connectivity index (χ0) is 21.2. The average Bonchev–Trinajstić information content (AvgIpc) is 2.68. The number of amides is 1. The fourth-order valence-electron chi connectivity index (χ4n) is 2.85. The Kier molecular flexibility index (Phi) is 5.31. The van der Waals surface area contributed by atoms with Crippen molar-refractivity contribution in [3.8, 4) is 5.88 Å². The summed E-state index contributed by atoms with van der Waals surface area (Å²) in [5.74, 6) is -1.15. The lowest BCUT2D eigenvalue weighted by molar-refractivity contribution is 0.102. The first kappa shape index (κ1) is 20.0. The molecule has 5 N–H and O–H groups in total. The van der Waals surface area contributed by atoms with Gasteiger partial charge in [-0.15, -0.1) is 0 Å². The fourth-order valence-corrected chi connectivity index (χ4v) is 2.85. The minimum atomic E-state index is -1.71. The second kappa shape index (κ2) is 7.70. The van der Waals surface area contributed by atoms with Gasteiger partial charge in [-0.25, -0.2) is 18.8 Å². The normalized spacial score (nSPS) is 18.3. The standard InChI is InChI=1S/C18H18F2N6O3/c1-9-6-18(8-19,26-17(22)29-9)11-5-10(3-4-12(11)20)24-16(27)14-15(21)25-13(28-2)7-23-14/h3-7H,8H2,1-2H3,(H2,21,25)(H2,22,26)(H,24,27)/t18-/m1/s1. The van der Waals surface area contributed by atoms with Crippen molar-refractivity contribution in [3.63, 3.8) is 0 Å². The van der Waals surface area contributed by atoms with Crippen molar-refractivity contribution in [2.24, 2.45) is 10.7 Å². The van der Waals surface area contributed by atoms with Gasteiger partial charge in [0.25, 0.3) is 11.9 Å². The van der Waals surface area contributed by atoms with Gasteiger partial charge in [-0.05, 0) is 31.2 Å². The number of halogens is 2. The van der Waals surface area contributed by atoms with E-state index in [1.165, 1.54) is 31.5 Å². The Bertz CT molecular complexity index is 1010. The highest BCUT2D eigenvalue weighted by Crippen LogP contribution is 2.35. The molecule has 2 aromatic rings. The zero-order valence-corrected chi connectivity index (χ0v) is 15.6. The molecule has 3 rings (SSSR count). The molecule has 2 heterocycles. The monoisotopic (exact) mass is 404 g/mol. The van der Waals surface area contributed by atoms with E-state index in [9.17, 15) is 13.6 Å². The molecular weight excluding hydrogens is 386 g/mol. The molecule has 0 radical (unpaired) electrons. The van der Waals surface area contributed by atoms with Crippen molar-refractivity contribution in [1.82, 2.24) is 9.97 Å². The summed E-state index contributed by atoms with van der Waals surface area (Å²) in [6, 6.07) is 3.35. The maximum Gasteiger partial charge on any atom is 0.288 e. The number of ether oxygens (including phenoxy) is 2. The smallest absolute Gasteiger partial charge is 0.288 e. The fraction of sp³-hybridized carbons (Fsp3) is 0.222. The molecule has 1 aromatic heterocycles. The van der Waals surface area contributed by atoms with Crippen LogP contribution in [-0.4, -0.2) is 35.7 Å². The van der Waals surface area contributed by atoms with E-state index < -0.39 is 23.9 Å². The summed E-state index contributed by atoms with van der Waals surface area (Å²) in [6.07, 6.45) is 2.55. The van der Waals surface area contributed by atoms with Gasteiger partial charge in [-0.2, -0.15) is 4.98 Å². The number of nitrogens with one attached hydrogen (secondary N) is 1. The molecule has 1 aromatic carbocycles. The Labute approximate surface area is 164 Å². The molecule has 1 aliphatic rings. The molecule has 1 aliphatic heterocycles. The number of carbonyl (C=O) groups is 1. The molecule has 0 aliphatic carbocycles. The minimum Gasteiger partial charge on any atom is -0.480 e. The van der Waals surface area contributed by atoms with E-state index in [0.29, 0.717) is 0 Å². The lowest BCUT2D eigenvalue weighted by Crippen LogP contribution is -2.34. The number of nitrogen functional groups attached to an aromatic ring is 1. The molecule has 29 heavy (non-hydrogen) atoms. The molecule has 0 saturated heterocycles. The molecule has 0 unspecified atom stereocenters. The first-order valence-electron chi connectivity index (χ1n) is 8.34. The van der Waals surface area contributed by atoms with Crippen LogP contribution in [0, 0.1) is 5.82 Å². The second-order valence-corrected chi connectivity index (χ2v) is 6.16. The Balaban J connectivity index is 1.95. The zero-order valence-electron chi connectivity index (χ0n) is 15.6. The van der Waals surface area contributed by atoms with Gasteiger partial charge in [-0.3, -0.25) is 4.79 Å². The highest BCUT2D eigenvalue weighted by molar-refractivity contribution is 6.05. The predicted octanol–water partition coefficient (Wildman–Crippen LogP) is 1.87. The van der Waals surface area contributed by atoms with Crippen LogP contribution in [-0.2, 0) is 10.3 Å². The average molecular weight is 404 g/mol. The Morgan fingerprint density at radius 2 is 2.14 bits per heavy atom. The minimum absolute atomic E-state index is 0.128. The van der Waals surface area contributed by atoms with Crippen molar-refractivity contribution in [2.45, 2.75) is 12.5 Å². The summed E-state index contributed by atoms with van der Waals surface area (Å²) < 4.78 is 38.5. The van der Waals surface area contributed by atoms with Crippen molar-refractivity contribution in [1.29, 1.82) is 0 Å². The number of aliphatic imine (C=N–C) groups is 1. The maximum atomic E-state index is 14.5. The van der Waals surface area contributed by atoms with E-state index in [1.807, 2.05) is 0 Å². The van der Waals surface area contributed by atoms with Gasteiger partial charge in [0, 0.05) is 11.3 Å². The lowest BCUT2D eigenvalue weighted by atomic mass is 9.89. The number of aromatic nitrogens is 2. The summed E-state index contributed by atoms with van der Waals surface area (Å²) in [6.45, 7) is 0.472. The van der Waals surface area contributed by atoms with E-state index in [4.69, 9.17) is 20.9 Å². The van der Waals surface area contributed by atoms with Gasteiger partial charge < -0.3 is 26.3 Å². The molecule has 1 atom stereocenters. The molecule has 152 valence electrons. The van der Waals surface area contributed by atoms with Crippen LogP contribution in [0.3, 0.4) is 0 Å². The number of rotatable bonds is 5. The third-order valence-electron chi connectivity index (χ3n) is 4.11. The third kappa shape index (κ3) is 3.93. The van der Waals surface area contributed by atoms with E-state index in [1.54, 1.807) is 6.92 Å². The molecule has 0 bridgehead atoms. The molecule has 0 saturated carbocycles. The van der Waals surface area contributed by atoms with Crippen LogP contribution in [0.4, 0.5) is 20.3 Å². The predicted molar refractivity (Wildman–Crippen MR) is 101 cm³/mol. The number of carbonyl (C=O) groups excluding carboxylic acids is 1. The highest BCUT2D eigenvalue weighted by Gasteiger charge is 2.36. The summed E-state index contributed by atoms with van der Waals surface area (Å²) in [7, 11) is 1.38. The van der Waals surface area contributed by atoms with Crippen molar-refractivity contribution in [3.05, 3.63) is 53.3 Å². The summed E-state index contributed by atoms with van der Waals surface area (Å²) in [5.41, 5.74) is 9.48. The van der Waals surface area contributed by atoms with Gasteiger partial charge in [0.15, 0.2) is 11.5 Å². The second-order valence-electron chi connectivity index (χ2n) is 6.16. The van der Waals surface area contributed by atoms with Crippen molar-refractivity contribution >= 4 is 23.4 Å².